The minimum atomic E-state index is -4.67. The first-order valence-corrected chi connectivity index (χ1v) is 2.10. The van der Waals surface area contributed by atoms with E-state index in [1.165, 1.54) is 0 Å². The summed E-state index contributed by atoms with van der Waals surface area (Å²) in [4.78, 5) is 0. The first-order valence-electron chi connectivity index (χ1n) is 0.698. The summed E-state index contributed by atoms with van der Waals surface area (Å²) in [5.74, 6) is 0. The largest absolute Gasteiger partial charge is 0.394 e. The van der Waals surface area contributed by atoms with Gasteiger partial charge in [0.05, 0.1) is 0 Å². The third kappa shape index (κ3) is 90.6. The third-order valence-electron chi connectivity index (χ3n) is 0. The van der Waals surface area contributed by atoms with Crippen molar-refractivity contribution in [2.45, 2.75) is 0 Å². The molecule has 0 aromatic carbocycles. The molecule has 7 heteroatoms. The van der Waals surface area contributed by atoms with Crippen LogP contribution in [0.4, 0.5) is 0 Å². The zero-order valence-electron chi connectivity index (χ0n) is 3.12. The van der Waals surface area contributed by atoms with Crippen LogP contribution in [0.5, 0.6) is 0 Å². The Bertz CT molecular complexity index is 92.9. The van der Waals surface area contributed by atoms with Crippen LogP contribution >= 0.6 is 0 Å². The Kier molecular flexibility index (Phi) is 13.1. The molecule has 4 nitrogen and oxygen atoms in total. The minimum Gasteiger partial charge on any atom is -0.264 e. The second-order valence-electron chi connectivity index (χ2n) is 0.448. The summed E-state index contributed by atoms with van der Waals surface area (Å²) in [6.07, 6.45) is 0. The van der Waals surface area contributed by atoms with E-state index in [1.54, 1.807) is 0 Å². The number of rotatable bonds is 0. The smallest absolute Gasteiger partial charge is 0.264 e. The zero-order valence-corrected chi connectivity index (χ0v) is 8.85. The Balaban J connectivity index is -0.0000000800. The zero-order chi connectivity index (χ0) is 4.50. The Hall–Kier alpha value is 1.64. The maximum absolute atomic E-state index is 8.74. The normalized spacial score (nSPS) is 8.29. The molecule has 0 saturated carbocycles. The molecule has 0 aliphatic rings. The molecule has 0 aliphatic heterocycles. The summed E-state index contributed by atoms with van der Waals surface area (Å²) >= 11 is 0. The van der Waals surface area contributed by atoms with Gasteiger partial charge in [-0.25, -0.2) is 0 Å². The van der Waals surface area contributed by atoms with Crippen molar-refractivity contribution in [3.05, 3.63) is 0 Å². The molecule has 0 spiro atoms. The standard InChI is InChI=1S/H2O4S.2Zr/c1-5(2,3)4;;/h(H2,1,2,3,4);;. The van der Waals surface area contributed by atoms with Crippen LogP contribution in [-0.4, -0.2) is 17.5 Å². The topological polar surface area (TPSA) is 74.6 Å². The van der Waals surface area contributed by atoms with Gasteiger partial charge in [0.25, 0.3) is 0 Å². The average Bonchev–Trinajstić information content (AvgIpc) is 0.722. The van der Waals surface area contributed by atoms with Crippen LogP contribution < -0.4 is 0 Å². The van der Waals surface area contributed by atoms with Crippen LogP contribution in [0.3, 0.4) is 0 Å². The molecule has 0 aromatic rings. The van der Waals surface area contributed by atoms with E-state index in [-0.39, 0.29) is 52.4 Å². The van der Waals surface area contributed by atoms with Gasteiger partial charge in [0, 0.05) is 52.4 Å². The van der Waals surface area contributed by atoms with E-state index in [1.807, 2.05) is 0 Å². The van der Waals surface area contributed by atoms with Gasteiger partial charge < -0.3 is 0 Å². The summed E-state index contributed by atoms with van der Waals surface area (Å²) in [5, 5.41) is 0. The summed E-state index contributed by atoms with van der Waals surface area (Å²) in [6, 6.07) is 0. The van der Waals surface area contributed by atoms with E-state index >= 15 is 0 Å². The average molecular weight is 281 g/mol. The molecule has 2 N–H and O–H groups in total. The molecule has 0 atom stereocenters. The quantitative estimate of drug-likeness (QED) is 0.578. The first-order chi connectivity index (χ1) is 2.00. The van der Waals surface area contributed by atoms with Gasteiger partial charge in [-0.1, -0.05) is 0 Å². The van der Waals surface area contributed by atoms with Crippen molar-refractivity contribution in [2.75, 3.05) is 0 Å². The molecular weight excluding hydrogens is 279 g/mol. The van der Waals surface area contributed by atoms with Gasteiger partial charge in [-0.15, -0.1) is 0 Å². The van der Waals surface area contributed by atoms with Crippen molar-refractivity contribution in [1.82, 2.24) is 0 Å². The fourth-order valence-corrected chi connectivity index (χ4v) is 0. The fourth-order valence-electron chi connectivity index (χ4n) is 0. The summed E-state index contributed by atoms with van der Waals surface area (Å²) in [6.45, 7) is 0. The fraction of sp³-hybridized carbons (Fsp3) is 0. The van der Waals surface area contributed by atoms with Crippen LogP contribution in [0.2, 0.25) is 0 Å². The van der Waals surface area contributed by atoms with Gasteiger partial charge in [0.1, 0.15) is 0 Å². The van der Waals surface area contributed by atoms with Gasteiger partial charge in [-0.05, 0) is 0 Å². The Labute approximate surface area is 79.5 Å². The molecule has 0 radical (unpaired) electrons. The predicted octanol–water partition coefficient (Wildman–Crippen LogP) is -0.658. The van der Waals surface area contributed by atoms with Crippen molar-refractivity contribution < 1.29 is 69.9 Å². The molecule has 0 bridgehead atoms. The molecule has 0 rings (SSSR count). The summed E-state index contributed by atoms with van der Waals surface area (Å²) in [5.41, 5.74) is 0. The molecule has 7 heavy (non-hydrogen) atoms. The van der Waals surface area contributed by atoms with Crippen molar-refractivity contribution in [3.8, 4) is 0 Å². The van der Waals surface area contributed by atoms with Crippen molar-refractivity contribution in [1.29, 1.82) is 0 Å². The Morgan fingerprint density at radius 2 is 1.00 bits per heavy atom. The molecular formula is H2O4SZr2. The molecule has 0 heterocycles. The number of hydrogen-bond acceptors (Lipinski definition) is 2. The van der Waals surface area contributed by atoms with E-state index < -0.39 is 10.4 Å². The van der Waals surface area contributed by atoms with Crippen LogP contribution in [0.1, 0.15) is 0 Å². The van der Waals surface area contributed by atoms with Crippen LogP contribution in [0, 0.1) is 0 Å². The Morgan fingerprint density at radius 1 is 1.00 bits per heavy atom. The van der Waals surface area contributed by atoms with Crippen LogP contribution in [0.15, 0.2) is 0 Å². The second kappa shape index (κ2) is 5.77. The van der Waals surface area contributed by atoms with E-state index in [0.29, 0.717) is 0 Å². The van der Waals surface area contributed by atoms with Gasteiger partial charge in [-0.2, -0.15) is 8.42 Å². The van der Waals surface area contributed by atoms with Crippen molar-refractivity contribution >= 4 is 10.4 Å². The summed E-state index contributed by atoms with van der Waals surface area (Å²) in [7, 11) is -4.67. The molecule has 0 aromatic heterocycles. The van der Waals surface area contributed by atoms with E-state index in [4.69, 9.17) is 17.5 Å². The van der Waals surface area contributed by atoms with Crippen LogP contribution in [0.25, 0.3) is 0 Å². The molecule has 0 saturated heterocycles. The SMILES string of the molecule is O=S(=O)(O)O.[Zr].[Zr]. The van der Waals surface area contributed by atoms with Crippen LogP contribution in [-0.2, 0) is 62.8 Å². The maximum Gasteiger partial charge on any atom is 0.394 e. The molecule has 0 aliphatic carbocycles. The molecule has 40 valence electrons. The number of hydrogen-bond donors (Lipinski definition) is 2. The Morgan fingerprint density at radius 3 is 1.00 bits per heavy atom. The monoisotopic (exact) mass is 278 g/mol. The van der Waals surface area contributed by atoms with Crippen molar-refractivity contribution in [3.63, 3.8) is 0 Å². The van der Waals surface area contributed by atoms with Gasteiger partial charge in [0.15, 0.2) is 0 Å². The molecule has 0 amide bonds. The maximum atomic E-state index is 8.74. The van der Waals surface area contributed by atoms with E-state index in [9.17, 15) is 0 Å². The molecule has 0 unspecified atom stereocenters. The van der Waals surface area contributed by atoms with E-state index in [0.717, 1.165) is 0 Å². The second-order valence-corrected chi connectivity index (χ2v) is 1.34. The molecule has 0 fully saturated rings. The minimum absolute atomic E-state index is 0. The predicted molar refractivity (Wildman–Crippen MR) is 14.2 cm³/mol. The van der Waals surface area contributed by atoms with Crippen molar-refractivity contribution in [2.24, 2.45) is 0 Å². The third-order valence-corrected chi connectivity index (χ3v) is 0. The van der Waals surface area contributed by atoms with Gasteiger partial charge >= 0.3 is 10.4 Å². The summed E-state index contributed by atoms with van der Waals surface area (Å²) < 4.78 is 31.6. The van der Waals surface area contributed by atoms with Gasteiger partial charge in [0.2, 0.25) is 0 Å². The first kappa shape index (κ1) is 15.9. The van der Waals surface area contributed by atoms with Gasteiger partial charge in [-0.3, -0.25) is 9.11 Å². The van der Waals surface area contributed by atoms with E-state index in [2.05, 4.69) is 0 Å².